The number of ether oxygens (including phenoxy) is 1. The predicted octanol–water partition coefficient (Wildman–Crippen LogP) is 2.72. The fraction of sp³-hybridized carbons (Fsp3) is 0.485. The summed E-state index contributed by atoms with van der Waals surface area (Å²) in [6.45, 7) is 7.85. The molecule has 3 fully saturated rings. The number of anilines is 3. The lowest BCUT2D eigenvalue weighted by Gasteiger charge is -2.33. The highest BCUT2D eigenvalue weighted by Crippen LogP contribution is 2.60. The van der Waals surface area contributed by atoms with Gasteiger partial charge in [-0.15, -0.1) is 5.10 Å². The molecule has 242 valence electrons. The van der Waals surface area contributed by atoms with Crippen molar-refractivity contribution in [2.45, 2.75) is 76.0 Å². The average Bonchev–Trinajstić information content (AvgIpc) is 3.65. The Kier molecular flexibility index (Phi) is 7.62. The number of fused-ring (bicyclic) bond motifs is 2. The van der Waals surface area contributed by atoms with E-state index in [-0.39, 0.29) is 42.3 Å². The normalized spacial score (nSPS) is 25.8. The first-order valence-corrected chi connectivity index (χ1v) is 19.1. The highest BCUT2D eigenvalue weighted by molar-refractivity contribution is 6.71. The van der Waals surface area contributed by atoms with Crippen molar-refractivity contribution >= 4 is 43.1 Å². The zero-order valence-electron chi connectivity index (χ0n) is 26.4. The molecule has 4 atom stereocenters. The first kappa shape index (κ1) is 30.7. The van der Waals surface area contributed by atoms with Gasteiger partial charge in [-0.2, -0.15) is 0 Å². The molecule has 0 bridgehead atoms. The Morgan fingerprint density at radius 1 is 1.02 bits per heavy atom. The van der Waals surface area contributed by atoms with Gasteiger partial charge in [-0.3, -0.25) is 19.1 Å². The Balaban J connectivity index is 1.26. The molecule has 0 aliphatic carbocycles. The highest BCUT2D eigenvalue weighted by atomic mass is 28.4. The molecule has 0 unspecified atom stereocenters. The number of carbonyl (C=O) groups excluding carboxylic acids is 3. The number of carbonyl (C=O) groups is 3. The number of aromatic nitrogens is 3. The first-order chi connectivity index (χ1) is 22.0. The summed E-state index contributed by atoms with van der Waals surface area (Å²) < 4.78 is 8.70. The van der Waals surface area contributed by atoms with Crippen LogP contribution in [0.1, 0.15) is 43.0 Å². The van der Waals surface area contributed by atoms with E-state index in [0.29, 0.717) is 56.6 Å². The maximum atomic E-state index is 14.9. The van der Waals surface area contributed by atoms with Gasteiger partial charge in [0.25, 0.3) is 5.91 Å². The molecule has 0 radical (unpaired) electrons. The van der Waals surface area contributed by atoms with E-state index in [0.717, 1.165) is 22.6 Å². The third-order valence-electron chi connectivity index (χ3n) is 10.1. The molecular formula is C33H40N6O6Si. The summed E-state index contributed by atoms with van der Waals surface area (Å²) in [5, 5.41) is 17.6. The second-order valence-corrected chi connectivity index (χ2v) is 17.4. The van der Waals surface area contributed by atoms with E-state index in [4.69, 9.17) is 4.74 Å². The van der Waals surface area contributed by atoms with Crippen LogP contribution in [-0.4, -0.2) is 76.7 Å². The van der Waals surface area contributed by atoms with Crippen LogP contribution in [0.3, 0.4) is 0 Å². The van der Waals surface area contributed by atoms with E-state index in [1.807, 2.05) is 62.5 Å². The maximum Gasteiger partial charge on any atom is 0.264 e. The van der Waals surface area contributed by atoms with Gasteiger partial charge in [0, 0.05) is 80.1 Å². The lowest BCUT2D eigenvalue weighted by molar-refractivity contribution is -0.146. The summed E-state index contributed by atoms with van der Waals surface area (Å²) in [5.74, 6) is -0.415. The van der Waals surface area contributed by atoms with Crippen LogP contribution in [0.4, 0.5) is 17.1 Å². The number of hydrogen-bond acceptors (Lipinski definition) is 8. The van der Waals surface area contributed by atoms with Crippen molar-refractivity contribution in [3.8, 4) is 0 Å². The molecule has 13 heteroatoms. The van der Waals surface area contributed by atoms with Crippen LogP contribution < -0.4 is 14.7 Å². The number of benzene rings is 2. The fourth-order valence-corrected chi connectivity index (χ4v) is 10.4. The van der Waals surface area contributed by atoms with Crippen LogP contribution in [0.5, 0.6) is 0 Å². The van der Waals surface area contributed by atoms with Crippen LogP contribution >= 0.6 is 0 Å². The topological polar surface area (TPSA) is 141 Å². The Labute approximate surface area is 268 Å². The second kappa shape index (κ2) is 11.4. The van der Waals surface area contributed by atoms with E-state index in [2.05, 4.69) is 10.3 Å². The highest BCUT2D eigenvalue weighted by Gasteiger charge is 2.66. The second-order valence-electron chi connectivity index (χ2n) is 13.4. The number of nitrogens with zero attached hydrogens (tertiary/aromatic N) is 6. The summed E-state index contributed by atoms with van der Waals surface area (Å²) in [6.07, 6.45) is 3.33. The van der Waals surface area contributed by atoms with Crippen molar-refractivity contribution in [1.29, 1.82) is 0 Å². The molecule has 4 aliphatic rings. The molecule has 3 saturated heterocycles. The van der Waals surface area contributed by atoms with E-state index in [1.165, 1.54) is 0 Å². The van der Waals surface area contributed by atoms with Crippen molar-refractivity contribution in [2.24, 2.45) is 5.92 Å². The molecule has 12 nitrogen and oxygen atoms in total. The third-order valence-corrected chi connectivity index (χ3v) is 12.6. The molecule has 5 heterocycles. The van der Waals surface area contributed by atoms with E-state index in [9.17, 15) is 24.3 Å². The zero-order chi connectivity index (χ0) is 32.4. The van der Waals surface area contributed by atoms with Crippen LogP contribution in [0.2, 0.25) is 18.6 Å². The summed E-state index contributed by atoms with van der Waals surface area (Å²) in [5.41, 5.74) is 2.95. The van der Waals surface area contributed by atoms with Crippen LogP contribution in [0.15, 0.2) is 48.7 Å². The van der Waals surface area contributed by atoms with Gasteiger partial charge in [-0.25, -0.2) is 0 Å². The Morgan fingerprint density at radius 3 is 2.37 bits per heavy atom. The lowest BCUT2D eigenvalue weighted by Crippen LogP contribution is -2.46. The number of hydrogen-bond donors (Lipinski definition) is 2. The molecule has 3 aromatic rings. The van der Waals surface area contributed by atoms with E-state index >= 15 is 0 Å². The van der Waals surface area contributed by atoms with Gasteiger partial charge < -0.3 is 29.3 Å². The maximum absolute atomic E-state index is 14.9. The summed E-state index contributed by atoms with van der Waals surface area (Å²) in [7, 11) is -2.88. The number of rotatable bonds is 10. The van der Waals surface area contributed by atoms with Crippen molar-refractivity contribution in [2.75, 3.05) is 34.4 Å². The van der Waals surface area contributed by atoms with Gasteiger partial charge in [0.15, 0.2) is 13.9 Å². The van der Waals surface area contributed by atoms with Gasteiger partial charge in [0.1, 0.15) is 0 Å². The fourth-order valence-electron chi connectivity index (χ4n) is 7.78. The van der Waals surface area contributed by atoms with Gasteiger partial charge in [0.05, 0.1) is 24.0 Å². The quantitative estimate of drug-likeness (QED) is 0.254. The Morgan fingerprint density at radius 2 is 1.74 bits per heavy atom. The van der Waals surface area contributed by atoms with Gasteiger partial charge in [-0.05, 0) is 55.4 Å². The Hall–Kier alpha value is -3.91. The molecule has 2 aromatic carbocycles. The molecule has 2 N–H and O–H groups in total. The standard InChI is InChI=1S/C33H40N6O6Si/c1-21-31(46(2,3)44)28(9-13-36-20-23(12-16-40)34-35-36)45-33(21)26-18-25(38-15-11-30(38)42)7-8-27(26)39(32(33)43)19-22-5-4-6-24(17-22)37-14-10-29(37)41/h4-8,17-18,20-21,28,31,40,44H,9-16,19H2,1-3H3/t21-,28+,31-,33+/m1/s1. The molecule has 46 heavy (non-hydrogen) atoms. The van der Waals surface area contributed by atoms with Crippen LogP contribution in [0, 0.1) is 5.92 Å². The van der Waals surface area contributed by atoms with Gasteiger partial charge in [0.2, 0.25) is 11.8 Å². The minimum atomic E-state index is -2.88. The molecule has 1 spiro atoms. The molecule has 0 saturated carbocycles. The smallest absolute Gasteiger partial charge is 0.264 e. The largest absolute Gasteiger partial charge is 0.432 e. The van der Waals surface area contributed by atoms with Crippen molar-refractivity contribution in [1.82, 2.24) is 15.0 Å². The minimum absolute atomic E-state index is 0.0133. The van der Waals surface area contributed by atoms with Crippen molar-refractivity contribution in [3.63, 3.8) is 0 Å². The van der Waals surface area contributed by atoms with Gasteiger partial charge in [-0.1, -0.05) is 24.3 Å². The van der Waals surface area contributed by atoms with Crippen molar-refractivity contribution < 1.29 is 29.0 Å². The van der Waals surface area contributed by atoms with Crippen molar-refractivity contribution in [3.05, 3.63) is 65.5 Å². The monoisotopic (exact) mass is 644 g/mol. The van der Waals surface area contributed by atoms with Gasteiger partial charge >= 0.3 is 0 Å². The SMILES string of the molecule is C[C@@H]1[C@@H]([Si](C)(C)O)[C@H](CCn2cc(CCO)nn2)O[C@@]12C(=O)N(Cc1cccc(N3CCC3=O)c1)c1ccc(N3CCC3=O)cc12. The number of aliphatic hydroxyl groups excluding tert-OH is 1. The molecule has 1 aromatic heterocycles. The summed E-state index contributed by atoms with van der Waals surface area (Å²) in [4.78, 5) is 56.4. The molecule has 7 rings (SSSR count). The summed E-state index contributed by atoms with van der Waals surface area (Å²) in [6, 6.07) is 13.5. The average molecular weight is 645 g/mol. The molecular weight excluding hydrogens is 604 g/mol. The number of aliphatic hydroxyl groups is 1. The predicted molar refractivity (Wildman–Crippen MR) is 173 cm³/mol. The molecule has 3 amide bonds. The molecule has 4 aliphatic heterocycles. The van der Waals surface area contributed by atoms with E-state index < -0.39 is 20.0 Å². The Bertz CT molecular complexity index is 1710. The van der Waals surface area contributed by atoms with Crippen LogP contribution in [-0.2, 0) is 44.2 Å². The first-order valence-electron chi connectivity index (χ1n) is 16.1. The minimum Gasteiger partial charge on any atom is -0.432 e. The van der Waals surface area contributed by atoms with Crippen LogP contribution in [0.25, 0.3) is 0 Å². The zero-order valence-corrected chi connectivity index (χ0v) is 27.4. The number of β-lactam (4-membered cyclic amide) rings is 2. The number of amides is 3. The third kappa shape index (κ3) is 4.96. The number of aryl methyl sites for hydroxylation is 1. The van der Waals surface area contributed by atoms with E-state index in [1.54, 1.807) is 25.6 Å². The summed E-state index contributed by atoms with van der Waals surface area (Å²) >= 11 is 0. The lowest BCUT2D eigenvalue weighted by atomic mass is 9.82.